The summed E-state index contributed by atoms with van der Waals surface area (Å²) < 4.78 is 4.97. The summed E-state index contributed by atoms with van der Waals surface area (Å²) in [5.41, 5.74) is 0.288. The summed E-state index contributed by atoms with van der Waals surface area (Å²) in [6, 6.07) is 3.49. The lowest BCUT2D eigenvalue weighted by Crippen LogP contribution is -2.17. The van der Waals surface area contributed by atoms with Crippen molar-refractivity contribution in [1.29, 1.82) is 0 Å². The minimum Gasteiger partial charge on any atom is -0.504 e. The molecule has 0 bridgehead atoms. The highest BCUT2D eigenvalue weighted by molar-refractivity contribution is 5.51. The molecule has 1 rings (SSSR count). The molecule has 0 aromatic heterocycles. The van der Waals surface area contributed by atoms with Crippen molar-refractivity contribution in [2.24, 2.45) is 0 Å². The maximum Gasteiger partial charge on any atom is 0.164 e. The first kappa shape index (κ1) is 10.9. The third-order valence-electron chi connectivity index (χ3n) is 2.18. The predicted octanol–water partition coefficient (Wildman–Crippen LogP) is 1.94. The molecule has 0 radical (unpaired) electrons. The fourth-order valence-corrected chi connectivity index (χ4v) is 1.61. The average Bonchev–Trinajstić information content (AvgIpc) is 2.02. The summed E-state index contributed by atoms with van der Waals surface area (Å²) in [6.45, 7) is 5.11. The number of aromatic hydroxyl groups is 1. The van der Waals surface area contributed by atoms with Crippen molar-refractivity contribution < 1.29 is 14.9 Å². The molecule has 0 fully saturated rings. The number of hydrogen-bond donors (Lipinski definition) is 2. The van der Waals surface area contributed by atoms with E-state index in [1.807, 2.05) is 13.0 Å². The quantitative estimate of drug-likeness (QED) is 0.760. The summed E-state index contributed by atoms with van der Waals surface area (Å²) in [5, 5.41) is 19.7. The zero-order chi connectivity index (χ0) is 10.9. The molecule has 0 saturated carbocycles. The Hall–Kier alpha value is -1.22. The van der Waals surface area contributed by atoms with Crippen LogP contribution in [0.2, 0.25) is 0 Å². The topological polar surface area (TPSA) is 49.7 Å². The maximum atomic E-state index is 9.86. The van der Waals surface area contributed by atoms with E-state index in [1.54, 1.807) is 19.9 Å². The van der Waals surface area contributed by atoms with Gasteiger partial charge in [0.05, 0.1) is 12.7 Å². The highest BCUT2D eigenvalue weighted by Gasteiger charge is 2.24. The fourth-order valence-electron chi connectivity index (χ4n) is 1.61. The van der Waals surface area contributed by atoms with E-state index >= 15 is 0 Å². The van der Waals surface area contributed by atoms with Crippen molar-refractivity contribution in [3.8, 4) is 11.5 Å². The van der Waals surface area contributed by atoms with Crippen molar-refractivity contribution in [3.63, 3.8) is 0 Å². The minimum atomic E-state index is -1.07. The highest BCUT2D eigenvalue weighted by Crippen LogP contribution is 2.38. The number of hydrogen-bond acceptors (Lipinski definition) is 3. The zero-order valence-electron chi connectivity index (χ0n) is 8.96. The summed E-state index contributed by atoms with van der Waals surface area (Å²) in [5.74, 6) is 0.396. The van der Waals surface area contributed by atoms with Crippen molar-refractivity contribution in [2.45, 2.75) is 26.4 Å². The molecule has 0 unspecified atom stereocenters. The van der Waals surface area contributed by atoms with Crippen LogP contribution in [0.25, 0.3) is 0 Å². The van der Waals surface area contributed by atoms with Crippen LogP contribution in [0.15, 0.2) is 12.1 Å². The molecule has 1 aromatic carbocycles. The van der Waals surface area contributed by atoms with E-state index in [0.717, 1.165) is 5.56 Å². The molecule has 0 aliphatic heterocycles. The van der Waals surface area contributed by atoms with Crippen LogP contribution in [0, 0.1) is 6.92 Å². The minimum absolute atomic E-state index is 0.0139. The second kappa shape index (κ2) is 3.50. The van der Waals surface area contributed by atoms with E-state index in [-0.39, 0.29) is 5.75 Å². The number of phenolic OH excluding ortho intramolecular Hbond substituents is 1. The van der Waals surface area contributed by atoms with Crippen LogP contribution in [0.4, 0.5) is 0 Å². The Morgan fingerprint density at radius 3 is 2.29 bits per heavy atom. The Balaban J connectivity index is 3.40. The summed E-state index contributed by atoms with van der Waals surface area (Å²) in [4.78, 5) is 0. The summed E-state index contributed by atoms with van der Waals surface area (Å²) in [6.07, 6.45) is 0. The monoisotopic (exact) mass is 196 g/mol. The SMILES string of the molecule is COc1ccc(C)c(C(C)(C)O)c1O. The van der Waals surface area contributed by atoms with Gasteiger partial charge in [-0.1, -0.05) is 6.07 Å². The number of rotatable bonds is 2. The van der Waals surface area contributed by atoms with Crippen LogP contribution in [0.3, 0.4) is 0 Å². The van der Waals surface area contributed by atoms with Crippen molar-refractivity contribution in [1.82, 2.24) is 0 Å². The first-order chi connectivity index (χ1) is 6.38. The van der Waals surface area contributed by atoms with E-state index in [1.165, 1.54) is 7.11 Å². The molecule has 0 aliphatic carbocycles. The molecule has 0 amide bonds. The number of benzene rings is 1. The molecule has 14 heavy (non-hydrogen) atoms. The van der Waals surface area contributed by atoms with E-state index < -0.39 is 5.60 Å². The van der Waals surface area contributed by atoms with Gasteiger partial charge in [0.25, 0.3) is 0 Å². The van der Waals surface area contributed by atoms with Crippen molar-refractivity contribution >= 4 is 0 Å². The Kier molecular flexibility index (Phi) is 2.71. The number of methoxy groups -OCH3 is 1. The van der Waals surface area contributed by atoms with Crippen LogP contribution in [0.5, 0.6) is 11.5 Å². The molecule has 0 atom stereocenters. The van der Waals surface area contributed by atoms with Crippen LogP contribution in [0.1, 0.15) is 25.0 Å². The van der Waals surface area contributed by atoms with Crippen molar-refractivity contribution in [3.05, 3.63) is 23.3 Å². The number of ether oxygens (including phenoxy) is 1. The van der Waals surface area contributed by atoms with Gasteiger partial charge < -0.3 is 14.9 Å². The number of aryl methyl sites for hydroxylation is 1. The van der Waals surface area contributed by atoms with Crippen LogP contribution in [-0.2, 0) is 5.60 Å². The normalized spacial score (nSPS) is 11.5. The molecule has 2 N–H and O–H groups in total. The van der Waals surface area contributed by atoms with E-state index in [9.17, 15) is 10.2 Å². The predicted molar refractivity (Wildman–Crippen MR) is 54.6 cm³/mol. The first-order valence-electron chi connectivity index (χ1n) is 4.47. The lowest BCUT2D eigenvalue weighted by molar-refractivity contribution is 0.0746. The lowest BCUT2D eigenvalue weighted by Gasteiger charge is -2.22. The molecule has 0 heterocycles. The van der Waals surface area contributed by atoms with Gasteiger partial charge in [-0.2, -0.15) is 0 Å². The van der Waals surface area contributed by atoms with Gasteiger partial charge in [-0.25, -0.2) is 0 Å². The standard InChI is InChI=1S/C11H16O3/c1-7-5-6-8(14-4)10(12)9(7)11(2,3)13/h5-6,12-13H,1-4H3. The number of phenols is 1. The molecule has 78 valence electrons. The molecule has 0 aliphatic rings. The third kappa shape index (κ3) is 1.82. The summed E-state index contributed by atoms with van der Waals surface area (Å²) in [7, 11) is 1.48. The molecular weight excluding hydrogens is 180 g/mol. The molecule has 1 aromatic rings. The zero-order valence-corrected chi connectivity index (χ0v) is 8.96. The van der Waals surface area contributed by atoms with Gasteiger partial charge in [0.2, 0.25) is 0 Å². The van der Waals surface area contributed by atoms with E-state index in [4.69, 9.17) is 4.74 Å². The van der Waals surface area contributed by atoms with Gasteiger partial charge in [0.1, 0.15) is 0 Å². The van der Waals surface area contributed by atoms with Gasteiger partial charge in [0.15, 0.2) is 11.5 Å². The third-order valence-corrected chi connectivity index (χ3v) is 2.18. The highest BCUT2D eigenvalue weighted by atomic mass is 16.5. The van der Waals surface area contributed by atoms with Gasteiger partial charge >= 0.3 is 0 Å². The van der Waals surface area contributed by atoms with Gasteiger partial charge in [0, 0.05) is 5.56 Å². The Morgan fingerprint density at radius 1 is 1.29 bits per heavy atom. The molecule has 3 nitrogen and oxygen atoms in total. The van der Waals surface area contributed by atoms with Gasteiger partial charge in [-0.15, -0.1) is 0 Å². The van der Waals surface area contributed by atoms with Crippen molar-refractivity contribution in [2.75, 3.05) is 7.11 Å². The molecule has 3 heteroatoms. The smallest absolute Gasteiger partial charge is 0.164 e. The van der Waals surface area contributed by atoms with E-state index in [2.05, 4.69) is 0 Å². The fraction of sp³-hybridized carbons (Fsp3) is 0.455. The lowest BCUT2D eigenvalue weighted by atomic mass is 9.92. The van der Waals surface area contributed by atoms with Crippen LogP contribution in [-0.4, -0.2) is 17.3 Å². The largest absolute Gasteiger partial charge is 0.504 e. The Morgan fingerprint density at radius 2 is 1.86 bits per heavy atom. The molecule has 0 saturated heterocycles. The Labute approximate surface area is 84.0 Å². The number of aliphatic hydroxyl groups is 1. The average molecular weight is 196 g/mol. The molecule has 0 spiro atoms. The first-order valence-corrected chi connectivity index (χ1v) is 4.47. The second-order valence-electron chi connectivity index (χ2n) is 3.87. The van der Waals surface area contributed by atoms with Gasteiger partial charge in [-0.3, -0.25) is 0 Å². The maximum absolute atomic E-state index is 9.86. The van der Waals surface area contributed by atoms with Gasteiger partial charge in [-0.05, 0) is 32.4 Å². The van der Waals surface area contributed by atoms with Crippen LogP contribution < -0.4 is 4.74 Å². The second-order valence-corrected chi connectivity index (χ2v) is 3.87. The van der Waals surface area contributed by atoms with Crippen LogP contribution >= 0.6 is 0 Å². The summed E-state index contributed by atoms with van der Waals surface area (Å²) >= 11 is 0. The Bertz CT molecular complexity index is 337. The van der Waals surface area contributed by atoms with E-state index in [0.29, 0.717) is 11.3 Å². The molecular formula is C11H16O3.